The van der Waals surface area contributed by atoms with Crippen molar-refractivity contribution in [2.24, 2.45) is 22.4 Å². The Morgan fingerprint density at radius 2 is 2.15 bits per heavy atom. The van der Waals surface area contributed by atoms with E-state index in [1.165, 1.54) is 24.7 Å². The van der Waals surface area contributed by atoms with Crippen molar-refractivity contribution in [1.29, 1.82) is 0 Å². The number of phenolic OH excluding ortho intramolecular Hbond substituents is 1. The maximum atomic E-state index is 11.2. The third-order valence-corrected chi connectivity index (χ3v) is 7.04. The molecule has 0 spiro atoms. The first-order chi connectivity index (χ1) is 12.5. The van der Waals surface area contributed by atoms with Gasteiger partial charge in [-0.1, -0.05) is 18.1 Å². The molecule has 0 aromatic heterocycles. The Bertz CT molecular complexity index is 744. The number of phenols is 1. The van der Waals surface area contributed by atoms with Crippen molar-refractivity contribution in [2.45, 2.75) is 51.4 Å². The number of methoxy groups -OCH3 is 1. The van der Waals surface area contributed by atoms with Crippen LogP contribution in [0, 0.1) is 17.3 Å². The molecule has 3 aliphatic carbocycles. The molecule has 4 rings (SSSR count). The van der Waals surface area contributed by atoms with Crippen LogP contribution in [0.15, 0.2) is 23.4 Å². The topological polar surface area (TPSA) is 68.1 Å². The molecule has 5 heteroatoms. The number of ether oxygens (including phenoxy) is 1. The highest BCUT2D eigenvalue weighted by Gasteiger charge is 2.53. The lowest BCUT2D eigenvalue weighted by molar-refractivity contribution is -0.145. The van der Waals surface area contributed by atoms with Gasteiger partial charge in [-0.05, 0) is 79.5 Å². The van der Waals surface area contributed by atoms with Crippen LogP contribution >= 0.6 is 0 Å². The molecular weight excluding hydrogens is 330 g/mol. The maximum Gasteiger partial charge on any atom is 0.346 e. The Labute approximate surface area is 154 Å². The van der Waals surface area contributed by atoms with E-state index < -0.39 is 5.97 Å². The van der Waals surface area contributed by atoms with Crippen molar-refractivity contribution in [3.63, 3.8) is 0 Å². The summed E-state index contributed by atoms with van der Waals surface area (Å²) in [5.74, 6) is 1.85. The average Bonchev–Trinajstić information content (AvgIpc) is 2.97. The van der Waals surface area contributed by atoms with E-state index in [0.717, 1.165) is 37.8 Å². The van der Waals surface area contributed by atoms with Crippen LogP contribution in [0.3, 0.4) is 0 Å². The van der Waals surface area contributed by atoms with Gasteiger partial charge in [0.05, 0.1) is 12.8 Å². The van der Waals surface area contributed by atoms with Gasteiger partial charge in [-0.2, -0.15) is 0 Å². The van der Waals surface area contributed by atoms with E-state index in [1.54, 1.807) is 0 Å². The summed E-state index contributed by atoms with van der Waals surface area (Å²) in [6, 6.07) is 5.91. The number of esters is 1. The Morgan fingerprint density at radius 1 is 1.31 bits per heavy atom. The molecule has 1 aromatic rings. The lowest BCUT2D eigenvalue weighted by Gasteiger charge is -2.49. The lowest BCUT2D eigenvalue weighted by Crippen LogP contribution is -2.42. The van der Waals surface area contributed by atoms with Crippen LogP contribution in [0.4, 0.5) is 0 Å². The number of hydrogen-bond donors (Lipinski definition) is 1. The van der Waals surface area contributed by atoms with Gasteiger partial charge in [-0.3, -0.25) is 0 Å². The Morgan fingerprint density at radius 3 is 2.96 bits per heavy atom. The van der Waals surface area contributed by atoms with Crippen molar-refractivity contribution >= 4 is 11.7 Å². The molecule has 5 nitrogen and oxygen atoms in total. The first-order valence-electron chi connectivity index (χ1n) is 9.61. The number of fused-ring (bicyclic) bond motifs is 5. The smallest absolute Gasteiger partial charge is 0.346 e. The van der Waals surface area contributed by atoms with Gasteiger partial charge < -0.3 is 14.7 Å². The van der Waals surface area contributed by atoms with Gasteiger partial charge in [0.25, 0.3) is 0 Å². The first-order valence-corrected chi connectivity index (χ1v) is 9.61. The lowest BCUT2D eigenvalue weighted by atomic mass is 9.55. The highest BCUT2D eigenvalue weighted by Crippen LogP contribution is 2.59. The Kier molecular flexibility index (Phi) is 4.41. The molecule has 3 unspecified atom stereocenters. The minimum Gasteiger partial charge on any atom is -0.508 e. The SMILES string of the molecule is COC(=O)CON=C1CCC2C3CCc4cc(O)ccc4C3CC[C@]12C. The number of aryl methyl sites for hydroxylation is 1. The second kappa shape index (κ2) is 6.60. The van der Waals surface area contributed by atoms with Gasteiger partial charge in [0.15, 0.2) is 0 Å². The second-order valence-corrected chi connectivity index (χ2v) is 8.18. The van der Waals surface area contributed by atoms with Crippen LogP contribution in [0.25, 0.3) is 0 Å². The standard InChI is InChI=1S/C21H27NO4/c1-21-10-9-16-15-6-4-14(23)11-13(15)3-5-17(16)18(21)7-8-19(21)22-26-12-20(24)25-2/h4,6,11,16-18,23H,3,5,7-10,12H2,1-2H3/t16?,17?,18?,21-/m0/s1. The number of rotatable bonds is 3. The molecule has 4 atom stereocenters. The van der Waals surface area contributed by atoms with Gasteiger partial charge in [0.2, 0.25) is 6.61 Å². The Hall–Kier alpha value is -2.04. The number of hydrogen-bond acceptors (Lipinski definition) is 5. The normalized spacial score (nSPS) is 33.9. The fourth-order valence-corrected chi connectivity index (χ4v) is 5.73. The predicted molar refractivity (Wildman–Crippen MR) is 98.1 cm³/mol. The van der Waals surface area contributed by atoms with E-state index in [9.17, 15) is 9.90 Å². The number of carbonyl (C=O) groups excluding carboxylic acids is 1. The highest BCUT2D eigenvalue weighted by atomic mass is 16.6. The highest BCUT2D eigenvalue weighted by molar-refractivity contribution is 5.92. The number of aromatic hydroxyl groups is 1. The summed E-state index contributed by atoms with van der Waals surface area (Å²) >= 11 is 0. The number of carbonyl (C=O) groups is 1. The molecule has 140 valence electrons. The van der Waals surface area contributed by atoms with Crippen molar-refractivity contribution in [2.75, 3.05) is 13.7 Å². The van der Waals surface area contributed by atoms with Crippen LogP contribution < -0.4 is 0 Å². The first kappa shape index (κ1) is 17.4. The van der Waals surface area contributed by atoms with Crippen LogP contribution in [0.2, 0.25) is 0 Å². The number of benzene rings is 1. The van der Waals surface area contributed by atoms with Gasteiger partial charge in [0.1, 0.15) is 5.75 Å². The largest absolute Gasteiger partial charge is 0.508 e. The summed E-state index contributed by atoms with van der Waals surface area (Å²) in [7, 11) is 1.35. The molecule has 3 aliphatic rings. The molecule has 0 radical (unpaired) electrons. The van der Waals surface area contributed by atoms with Gasteiger partial charge >= 0.3 is 5.97 Å². The molecule has 2 saturated carbocycles. The molecule has 0 heterocycles. The van der Waals surface area contributed by atoms with E-state index in [0.29, 0.717) is 23.5 Å². The molecule has 0 aliphatic heterocycles. The number of nitrogens with zero attached hydrogens (tertiary/aromatic N) is 1. The molecule has 2 fully saturated rings. The van der Waals surface area contributed by atoms with Crippen LogP contribution in [0.1, 0.15) is 56.1 Å². The number of oxime groups is 1. The molecule has 1 aromatic carbocycles. The van der Waals surface area contributed by atoms with E-state index in [-0.39, 0.29) is 12.0 Å². The third-order valence-electron chi connectivity index (χ3n) is 7.04. The summed E-state index contributed by atoms with van der Waals surface area (Å²) in [4.78, 5) is 16.5. The quantitative estimate of drug-likeness (QED) is 0.660. The van der Waals surface area contributed by atoms with Crippen molar-refractivity contribution in [3.05, 3.63) is 29.3 Å². The summed E-state index contributed by atoms with van der Waals surface area (Å²) in [6.07, 6.45) is 6.56. The fraction of sp³-hybridized carbons (Fsp3) is 0.619. The maximum absolute atomic E-state index is 11.2. The van der Waals surface area contributed by atoms with Gasteiger partial charge in [-0.15, -0.1) is 0 Å². The summed E-state index contributed by atoms with van der Waals surface area (Å²) in [5.41, 5.74) is 3.95. The monoisotopic (exact) mass is 357 g/mol. The van der Waals surface area contributed by atoms with Crippen molar-refractivity contribution in [1.82, 2.24) is 0 Å². The minimum atomic E-state index is -0.398. The Balaban J connectivity index is 1.54. The van der Waals surface area contributed by atoms with Crippen LogP contribution in [-0.4, -0.2) is 30.5 Å². The predicted octanol–water partition coefficient (Wildman–Crippen LogP) is 3.79. The zero-order valence-electron chi connectivity index (χ0n) is 15.5. The average molecular weight is 357 g/mol. The van der Waals surface area contributed by atoms with Crippen LogP contribution in [0.5, 0.6) is 5.75 Å². The van der Waals surface area contributed by atoms with E-state index in [1.807, 2.05) is 12.1 Å². The molecule has 0 saturated heterocycles. The van der Waals surface area contributed by atoms with Crippen molar-refractivity contribution < 1.29 is 19.5 Å². The van der Waals surface area contributed by atoms with Gasteiger partial charge in [-0.25, -0.2) is 4.79 Å². The zero-order valence-corrected chi connectivity index (χ0v) is 15.5. The van der Waals surface area contributed by atoms with E-state index in [4.69, 9.17) is 4.84 Å². The summed E-state index contributed by atoms with van der Waals surface area (Å²) < 4.78 is 4.61. The molecule has 1 N–H and O–H groups in total. The molecule has 26 heavy (non-hydrogen) atoms. The zero-order chi connectivity index (χ0) is 18.3. The summed E-state index contributed by atoms with van der Waals surface area (Å²) in [5, 5.41) is 14.1. The molecule has 0 bridgehead atoms. The van der Waals surface area contributed by atoms with E-state index >= 15 is 0 Å². The third kappa shape index (κ3) is 2.78. The van der Waals surface area contributed by atoms with Crippen molar-refractivity contribution in [3.8, 4) is 5.75 Å². The summed E-state index contributed by atoms with van der Waals surface area (Å²) in [6.45, 7) is 2.21. The van der Waals surface area contributed by atoms with E-state index in [2.05, 4.69) is 22.9 Å². The molecular formula is C21H27NO4. The van der Waals surface area contributed by atoms with Gasteiger partial charge in [0, 0.05) is 5.41 Å². The minimum absolute atomic E-state index is 0.0751. The second-order valence-electron chi connectivity index (χ2n) is 8.18. The fourth-order valence-electron chi connectivity index (χ4n) is 5.73. The molecule has 0 amide bonds. The van der Waals surface area contributed by atoms with Crippen LogP contribution in [-0.2, 0) is 20.8 Å².